The Kier molecular flexibility index (Phi) is 1.59. The first-order chi connectivity index (χ1) is 5.89. The molecule has 0 amide bonds. The average Bonchev–Trinajstić information content (AvgIpc) is 2.34. The molecule has 0 heterocycles. The van der Waals surface area contributed by atoms with Crippen LogP contribution < -0.4 is 0 Å². The van der Waals surface area contributed by atoms with Gasteiger partial charge >= 0.3 is 5.97 Å². The number of aliphatic carboxylic acids is 1. The van der Waals surface area contributed by atoms with Gasteiger partial charge in [0, 0.05) is 0 Å². The second-order valence-corrected chi connectivity index (χ2v) is 5.50. The van der Waals surface area contributed by atoms with Gasteiger partial charge in [0.25, 0.3) is 0 Å². The Balaban J connectivity index is 2.38. The molecule has 0 saturated heterocycles. The van der Waals surface area contributed by atoms with E-state index in [9.17, 15) is 4.79 Å². The number of hydrogen-bond acceptors (Lipinski definition) is 1. The lowest BCUT2D eigenvalue weighted by molar-refractivity contribution is -0.147. The molecule has 2 nitrogen and oxygen atoms in total. The van der Waals surface area contributed by atoms with Crippen molar-refractivity contribution in [3.63, 3.8) is 0 Å². The Morgan fingerprint density at radius 3 is 2.23 bits per heavy atom. The standard InChI is InChI=1S/C11H18O2/c1-10(2)7-4-5-11(10,3)8(6-7)9(12)13/h7-8H,4-6H2,1-3H3,(H,12,13)/t7-,8+,11+/m0/s1. The molecule has 0 aromatic rings. The second kappa shape index (κ2) is 2.28. The average molecular weight is 182 g/mol. The molecular weight excluding hydrogens is 164 g/mol. The van der Waals surface area contributed by atoms with Gasteiger partial charge in [-0.25, -0.2) is 0 Å². The van der Waals surface area contributed by atoms with Crippen molar-refractivity contribution in [2.45, 2.75) is 40.0 Å². The van der Waals surface area contributed by atoms with Gasteiger partial charge in [-0.2, -0.15) is 0 Å². The van der Waals surface area contributed by atoms with Gasteiger partial charge in [0.1, 0.15) is 0 Å². The molecule has 2 aliphatic rings. The zero-order valence-corrected chi connectivity index (χ0v) is 8.63. The maximum absolute atomic E-state index is 11.1. The third-order valence-corrected chi connectivity index (χ3v) is 5.09. The summed E-state index contributed by atoms with van der Waals surface area (Å²) in [6.45, 7) is 6.65. The third kappa shape index (κ3) is 0.866. The van der Waals surface area contributed by atoms with Crippen LogP contribution in [0.3, 0.4) is 0 Å². The molecule has 2 heteroatoms. The summed E-state index contributed by atoms with van der Waals surface area (Å²) in [5.74, 6) is -0.0439. The fourth-order valence-electron chi connectivity index (χ4n) is 3.58. The van der Waals surface area contributed by atoms with Crippen LogP contribution in [-0.4, -0.2) is 11.1 Å². The number of hydrogen-bond donors (Lipinski definition) is 1. The molecule has 2 bridgehead atoms. The van der Waals surface area contributed by atoms with Gasteiger partial charge in [0.2, 0.25) is 0 Å². The maximum Gasteiger partial charge on any atom is 0.307 e. The first kappa shape index (κ1) is 9.04. The van der Waals surface area contributed by atoms with Crippen LogP contribution in [0, 0.1) is 22.7 Å². The molecule has 2 fully saturated rings. The minimum atomic E-state index is -0.585. The number of carbonyl (C=O) groups is 1. The van der Waals surface area contributed by atoms with E-state index in [1.165, 1.54) is 6.42 Å². The summed E-state index contributed by atoms with van der Waals surface area (Å²) in [6, 6.07) is 0. The van der Waals surface area contributed by atoms with Crippen molar-refractivity contribution in [3.8, 4) is 0 Å². The van der Waals surface area contributed by atoms with E-state index >= 15 is 0 Å². The second-order valence-electron chi connectivity index (χ2n) is 5.50. The van der Waals surface area contributed by atoms with Gasteiger partial charge < -0.3 is 5.11 Å². The van der Waals surface area contributed by atoms with Crippen LogP contribution in [0.5, 0.6) is 0 Å². The normalized spacial score (nSPS) is 46.7. The highest BCUT2D eigenvalue weighted by molar-refractivity contribution is 5.72. The molecule has 2 rings (SSSR count). The van der Waals surface area contributed by atoms with Gasteiger partial charge in [0.05, 0.1) is 5.92 Å². The van der Waals surface area contributed by atoms with Gasteiger partial charge in [-0.15, -0.1) is 0 Å². The van der Waals surface area contributed by atoms with Crippen LogP contribution >= 0.6 is 0 Å². The molecule has 0 spiro atoms. The molecule has 3 atom stereocenters. The van der Waals surface area contributed by atoms with Gasteiger partial charge in [-0.3, -0.25) is 4.79 Å². The lowest BCUT2D eigenvalue weighted by Gasteiger charge is -2.37. The van der Waals surface area contributed by atoms with Gasteiger partial charge in [0.15, 0.2) is 0 Å². The summed E-state index contributed by atoms with van der Waals surface area (Å²) in [6.07, 6.45) is 3.23. The van der Waals surface area contributed by atoms with Crippen LogP contribution in [0.15, 0.2) is 0 Å². The number of fused-ring (bicyclic) bond motifs is 2. The van der Waals surface area contributed by atoms with E-state index in [-0.39, 0.29) is 16.7 Å². The lowest BCUT2D eigenvalue weighted by atomic mass is 9.67. The molecule has 0 aromatic heterocycles. The smallest absolute Gasteiger partial charge is 0.307 e. The minimum absolute atomic E-state index is 0.0451. The van der Waals surface area contributed by atoms with Crippen LogP contribution in [-0.2, 0) is 4.79 Å². The Morgan fingerprint density at radius 1 is 1.38 bits per heavy atom. The zero-order valence-electron chi connectivity index (χ0n) is 8.63. The Morgan fingerprint density at radius 2 is 2.00 bits per heavy atom. The highest BCUT2D eigenvalue weighted by atomic mass is 16.4. The third-order valence-electron chi connectivity index (χ3n) is 5.09. The molecule has 2 aliphatic carbocycles. The van der Waals surface area contributed by atoms with E-state index in [2.05, 4.69) is 20.8 Å². The molecular formula is C11H18O2. The van der Waals surface area contributed by atoms with Crippen molar-refractivity contribution in [1.29, 1.82) is 0 Å². The topological polar surface area (TPSA) is 37.3 Å². The fraction of sp³-hybridized carbons (Fsp3) is 0.909. The SMILES string of the molecule is CC1(C)[C@H]2CC[C@]1(C)[C@@H](C(=O)O)C2. The van der Waals surface area contributed by atoms with E-state index in [1.807, 2.05) is 0 Å². The summed E-state index contributed by atoms with van der Waals surface area (Å²) in [4.78, 5) is 11.1. The number of carboxylic acid groups (broad SMARTS) is 1. The van der Waals surface area contributed by atoms with Crippen molar-refractivity contribution in [2.24, 2.45) is 22.7 Å². The van der Waals surface area contributed by atoms with Crippen molar-refractivity contribution in [2.75, 3.05) is 0 Å². The summed E-state index contributed by atoms with van der Waals surface area (Å²) in [5, 5.41) is 9.13. The fourth-order valence-corrected chi connectivity index (χ4v) is 3.58. The van der Waals surface area contributed by atoms with Gasteiger partial charge in [-0.1, -0.05) is 20.8 Å². The van der Waals surface area contributed by atoms with Crippen LogP contribution in [0.25, 0.3) is 0 Å². The highest BCUT2D eigenvalue weighted by Crippen LogP contribution is 2.68. The monoisotopic (exact) mass is 182 g/mol. The van der Waals surface area contributed by atoms with E-state index in [0.717, 1.165) is 12.8 Å². The van der Waals surface area contributed by atoms with E-state index < -0.39 is 5.97 Å². The quantitative estimate of drug-likeness (QED) is 0.676. The molecule has 74 valence electrons. The molecule has 0 aromatic carbocycles. The molecule has 1 N–H and O–H groups in total. The number of carboxylic acids is 1. The van der Waals surface area contributed by atoms with Crippen LogP contribution in [0.1, 0.15) is 40.0 Å². The maximum atomic E-state index is 11.1. The summed E-state index contributed by atoms with van der Waals surface area (Å²) < 4.78 is 0. The predicted octanol–water partition coefficient (Wildman–Crippen LogP) is 2.53. The molecule has 0 aliphatic heterocycles. The molecule has 2 saturated carbocycles. The Labute approximate surface area is 79.3 Å². The van der Waals surface area contributed by atoms with E-state index in [0.29, 0.717) is 5.92 Å². The van der Waals surface area contributed by atoms with Crippen molar-refractivity contribution in [1.82, 2.24) is 0 Å². The Hall–Kier alpha value is -0.530. The summed E-state index contributed by atoms with van der Waals surface area (Å²) >= 11 is 0. The zero-order chi connectivity index (χ0) is 9.85. The van der Waals surface area contributed by atoms with Crippen molar-refractivity contribution >= 4 is 5.97 Å². The van der Waals surface area contributed by atoms with Gasteiger partial charge in [-0.05, 0) is 36.0 Å². The first-order valence-electron chi connectivity index (χ1n) is 5.12. The van der Waals surface area contributed by atoms with Crippen molar-refractivity contribution < 1.29 is 9.90 Å². The van der Waals surface area contributed by atoms with Crippen molar-refractivity contribution in [3.05, 3.63) is 0 Å². The molecule has 13 heavy (non-hydrogen) atoms. The lowest BCUT2D eigenvalue weighted by Crippen LogP contribution is -2.36. The molecule has 0 radical (unpaired) electrons. The predicted molar refractivity (Wildman–Crippen MR) is 50.4 cm³/mol. The van der Waals surface area contributed by atoms with E-state index in [4.69, 9.17) is 5.11 Å². The summed E-state index contributed by atoms with van der Waals surface area (Å²) in [7, 11) is 0. The van der Waals surface area contributed by atoms with E-state index in [1.54, 1.807) is 0 Å². The molecule has 0 unspecified atom stereocenters. The summed E-state index contributed by atoms with van der Waals surface area (Å²) in [5.41, 5.74) is 0.277. The first-order valence-corrected chi connectivity index (χ1v) is 5.12. The number of rotatable bonds is 1. The largest absolute Gasteiger partial charge is 0.481 e. The van der Waals surface area contributed by atoms with Crippen LogP contribution in [0.2, 0.25) is 0 Å². The highest BCUT2D eigenvalue weighted by Gasteiger charge is 2.63. The minimum Gasteiger partial charge on any atom is -0.481 e. The van der Waals surface area contributed by atoms with Crippen LogP contribution in [0.4, 0.5) is 0 Å². The Bertz CT molecular complexity index is 257.